The van der Waals surface area contributed by atoms with E-state index in [2.05, 4.69) is 41.1 Å². The molecule has 2 aromatic rings. The summed E-state index contributed by atoms with van der Waals surface area (Å²) in [5.41, 5.74) is 3.14. The van der Waals surface area contributed by atoms with Crippen molar-refractivity contribution in [3.63, 3.8) is 0 Å². The Kier molecular flexibility index (Phi) is 7.17. The fourth-order valence-electron chi connectivity index (χ4n) is 4.94. The van der Waals surface area contributed by atoms with E-state index in [0.717, 1.165) is 48.2 Å². The van der Waals surface area contributed by atoms with Crippen molar-refractivity contribution in [1.29, 1.82) is 0 Å². The van der Waals surface area contributed by atoms with E-state index in [4.69, 9.17) is 0 Å². The molecule has 0 N–H and O–H groups in total. The Morgan fingerprint density at radius 2 is 1.97 bits per heavy atom. The van der Waals surface area contributed by atoms with Crippen molar-refractivity contribution >= 4 is 29.1 Å². The van der Waals surface area contributed by atoms with E-state index in [0.29, 0.717) is 19.5 Å². The summed E-state index contributed by atoms with van der Waals surface area (Å²) >= 11 is 1.43. The van der Waals surface area contributed by atoms with Gasteiger partial charge in [0.25, 0.3) is 0 Å². The second-order valence-corrected chi connectivity index (χ2v) is 11.0. The van der Waals surface area contributed by atoms with Gasteiger partial charge in [-0.1, -0.05) is 50.2 Å². The highest BCUT2D eigenvalue weighted by molar-refractivity contribution is 8.00. The number of hydrogen-bond donors (Lipinski definition) is 0. The topological polar surface area (TPSA) is 71.3 Å². The zero-order valence-corrected chi connectivity index (χ0v) is 21.7. The largest absolute Gasteiger partial charge is 0.347 e. The van der Waals surface area contributed by atoms with Crippen molar-refractivity contribution in [2.24, 2.45) is 0 Å². The molecule has 1 unspecified atom stereocenters. The fourth-order valence-corrected chi connectivity index (χ4v) is 5.89. The molecule has 1 atom stereocenters. The van der Waals surface area contributed by atoms with Gasteiger partial charge in [0.2, 0.25) is 5.91 Å². The smallest absolute Gasteiger partial charge is 0.222 e. The van der Waals surface area contributed by atoms with Crippen molar-refractivity contribution < 1.29 is 9.59 Å². The van der Waals surface area contributed by atoms with Crippen LogP contribution >= 0.6 is 11.8 Å². The number of likely N-dealkylation sites (N-methyl/N-ethyl adjacent to an activating group) is 1. The van der Waals surface area contributed by atoms with E-state index in [1.165, 1.54) is 17.3 Å². The molecule has 0 spiro atoms. The number of ketones is 1. The van der Waals surface area contributed by atoms with Crippen LogP contribution in [0.4, 0.5) is 5.69 Å². The number of carbonyl (C=O) groups is 2. The van der Waals surface area contributed by atoms with E-state index < -0.39 is 0 Å². The number of thioether (sulfide) groups is 1. The number of para-hydroxylation sites is 1. The third-order valence-corrected chi connectivity index (χ3v) is 8.11. The number of anilines is 1. The van der Waals surface area contributed by atoms with Crippen molar-refractivity contribution in [1.82, 2.24) is 19.7 Å². The van der Waals surface area contributed by atoms with Crippen molar-refractivity contribution in [2.45, 2.75) is 82.3 Å². The molecular weight excluding hydrogens is 446 g/mol. The highest BCUT2D eigenvalue weighted by Crippen LogP contribution is 2.46. The lowest BCUT2D eigenvalue weighted by Gasteiger charge is -2.24. The second-order valence-electron chi connectivity index (χ2n) is 9.66. The molecule has 1 fully saturated rings. The van der Waals surface area contributed by atoms with Crippen molar-refractivity contribution in [3.05, 3.63) is 47.4 Å². The second kappa shape index (κ2) is 9.94. The van der Waals surface area contributed by atoms with E-state index in [1.807, 2.05) is 42.5 Å². The van der Waals surface area contributed by atoms with Gasteiger partial charge in [0.15, 0.2) is 16.8 Å². The molecule has 3 heterocycles. The Morgan fingerprint density at radius 1 is 1.21 bits per heavy atom. The maximum Gasteiger partial charge on any atom is 0.222 e. The molecule has 0 saturated carbocycles. The molecule has 8 heteroatoms. The Hall–Kier alpha value is -2.61. The summed E-state index contributed by atoms with van der Waals surface area (Å²) in [4.78, 5) is 29.7. The number of carbonyl (C=O) groups excluding carboxylic acids is 2. The zero-order chi connectivity index (χ0) is 24.5. The number of benzene rings is 1. The summed E-state index contributed by atoms with van der Waals surface area (Å²) in [7, 11) is 2.02. The fraction of sp³-hybridized carbons (Fsp3) is 0.538. The molecule has 1 amide bonds. The molecule has 1 aromatic heterocycles. The Balaban J connectivity index is 1.49. The van der Waals surface area contributed by atoms with Gasteiger partial charge in [0, 0.05) is 49.4 Å². The first-order chi connectivity index (χ1) is 16.2. The predicted molar refractivity (Wildman–Crippen MR) is 136 cm³/mol. The van der Waals surface area contributed by atoms with Crippen LogP contribution < -0.4 is 4.90 Å². The van der Waals surface area contributed by atoms with Gasteiger partial charge < -0.3 is 14.4 Å². The van der Waals surface area contributed by atoms with Gasteiger partial charge in [-0.3, -0.25) is 9.59 Å². The van der Waals surface area contributed by atoms with E-state index in [-0.39, 0.29) is 22.4 Å². The molecule has 4 rings (SSSR count). The number of fused-ring (bicyclic) bond motifs is 1. The lowest BCUT2D eigenvalue weighted by atomic mass is 9.83. The van der Waals surface area contributed by atoms with E-state index in [9.17, 15) is 9.59 Å². The summed E-state index contributed by atoms with van der Waals surface area (Å²) in [6.45, 7) is 10.2. The minimum Gasteiger partial charge on any atom is -0.347 e. The summed E-state index contributed by atoms with van der Waals surface area (Å²) in [6, 6.07) is 8.31. The Labute approximate surface area is 206 Å². The molecule has 0 aliphatic carbocycles. The van der Waals surface area contributed by atoms with Gasteiger partial charge in [-0.2, -0.15) is 0 Å². The summed E-state index contributed by atoms with van der Waals surface area (Å²) in [5, 5.41) is 9.19. The van der Waals surface area contributed by atoms with Crippen LogP contribution in [0.3, 0.4) is 0 Å². The van der Waals surface area contributed by atoms with Crippen LogP contribution in [0.5, 0.6) is 0 Å². The summed E-state index contributed by atoms with van der Waals surface area (Å²) in [6.07, 6.45) is 5.49. The normalized spacial score (nSPS) is 19.9. The number of hydrogen-bond acceptors (Lipinski definition) is 6. The Bertz CT molecular complexity index is 1110. The van der Waals surface area contributed by atoms with Crippen LogP contribution in [-0.4, -0.2) is 50.2 Å². The molecule has 1 aromatic carbocycles. The first kappa shape index (κ1) is 24.5. The van der Waals surface area contributed by atoms with Crippen LogP contribution in [0, 0.1) is 0 Å². The highest BCUT2D eigenvalue weighted by Gasteiger charge is 2.39. The minimum absolute atomic E-state index is 0.0580. The molecule has 2 aliphatic rings. The van der Waals surface area contributed by atoms with Crippen LogP contribution in [0.25, 0.3) is 0 Å². The number of nitrogens with zero attached hydrogens (tertiary/aromatic N) is 5. The minimum atomic E-state index is -0.303. The van der Waals surface area contributed by atoms with Gasteiger partial charge in [0.05, 0.1) is 11.8 Å². The third kappa shape index (κ3) is 4.65. The maximum atomic E-state index is 13.3. The van der Waals surface area contributed by atoms with Gasteiger partial charge in [0.1, 0.15) is 0 Å². The quantitative estimate of drug-likeness (QED) is 0.426. The van der Waals surface area contributed by atoms with E-state index >= 15 is 0 Å². The van der Waals surface area contributed by atoms with Crippen LogP contribution in [-0.2, 0) is 28.1 Å². The zero-order valence-electron chi connectivity index (χ0n) is 20.9. The summed E-state index contributed by atoms with van der Waals surface area (Å²) in [5.74, 6) is 1.03. The van der Waals surface area contributed by atoms with Gasteiger partial charge in [-0.15, -0.1) is 10.2 Å². The standard InChI is InChI=1S/C26H35N5O2S/c1-6-31-23(17-30-15-11-7-8-14-24(30)33)27-28-25(31)34-18(2)21(32)16-22-26(3,4)19-12-9-10-13-20(19)29(22)5/h9-10,12-13,16,18H,6-8,11,14-15,17H2,1-5H3. The summed E-state index contributed by atoms with van der Waals surface area (Å²) < 4.78 is 2.03. The van der Waals surface area contributed by atoms with Crippen LogP contribution in [0.1, 0.15) is 64.8 Å². The number of likely N-dealkylation sites (tertiary alicyclic amines) is 1. The lowest BCUT2D eigenvalue weighted by molar-refractivity contribution is -0.131. The maximum absolute atomic E-state index is 13.3. The molecule has 7 nitrogen and oxygen atoms in total. The van der Waals surface area contributed by atoms with Crippen molar-refractivity contribution in [2.75, 3.05) is 18.5 Å². The monoisotopic (exact) mass is 481 g/mol. The molecule has 2 aliphatic heterocycles. The molecule has 0 bridgehead atoms. The van der Waals surface area contributed by atoms with Crippen LogP contribution in [0.2, 0.25) is 0 Å². The number of allylic oxidation sites excluding steroid dienone is 2. The first-order valence-corrected chi connectivity index (χ1v) is 13.1. The molecule has 1 saturated heterocycles. The molecule has 34 heavy (non-hydrogen) atoms. The number of amides is 1. The number of rotatable bonds is 7. The van der Waals surface area contributed by atoms with Crippen LogP contribution in [0.15, 0.2) is 41.2 Å². The number of aromatic nitrogens is 3. The van der Waals surface area contributed by atoms with Crippen molar-refractivity contribution in [3.8, 4) is 0 Å². The SMILES string of the molecule is CCn1c(CN2CCCCCC2=O)nnc1SC(C)C(=O)C=C1N(C)c2ccccc2C1(C)C. The van der Waals surface area contributed by atoms with Gasteiger partial charge in [-0.25, -0.2) is 0 Å². The average Bonchev–Trinajstić information content (AvgIpc) is 3.18. The molecule has 182 valence electrons. The molecule has 0 radical (unpaired) electrons. The molecular formula is C26H35N5O2S. The third-order valence-electron chi connectivity index (χ3n) is 7.02. The van der Waals surface area contributed by atoms with E-state index in [1.54, 1.807) is 6.08 Å². The van der Waals surface area contributed by atoms with Gasteiger partial charge >= 0.3 is 0 Å². The average molecular weight is 482 g/mol. The first-order valence-electron chi connectivity index (χ1n) is 12.2. The predicted octanol–water partition coefficient (Wildman–Crippen LogP) is 4.56. The lowest BCUT2D eigenvalue weighted by Crippen LogP contribution is -2.31. The Morgan fingerprint density at radius 3 is 2.71 bits per heavy atom. The van der Waals surface area contributed by atoms with Gasteiger partial charge in [-0.05, 0) is 38.3 Å². The highest BCUT2D eigenvalue weighted by atomic mass is 32.2.